The summed E-state index contributed by atoms with van der Waals surface area (Å²) in [6, 6.07) is 0. The maximum atomic E-state index is 12.4. The molecule has 1 heterocycles. The normalized spacial score (nSPS) is 18.0. The molecule has 0 saturated heterocycles. The molecule has 1 unspecified atom stereocenters. The Hall–Kier alpha value is -1.42. The number of ether oxygens (including phenoxy) is 1. The number of aromatic nitrogens is 1. The number of hydrogen-bond acceptors (Lipinski definition) is 4. The number of hydrogen-bond donors (Lipinski definition) is 0. The second kappa shape index (κ2) is 6.14. The first-order valence-electron chi connectivity index (χ1n) is 7.15. The number of fused-ring (bicyclic) bond motifs is 1. The highest BCUT2D eigenvalue weighted by Gasteiger charge is 2.34. The van der Waals surface area contributed by atoms with Gasteiger partial charge in [0.25, 0.3) is 6.47 Å². The highest BCUT2D eigenvalue weighted by Crippen LogP contribution is 2.39. The average molecular weight is 310 g/mol. The minimum Gasteiger partial charge on any atom is -0.467 e. The Bertz CT molecular complexity index is 569. The largest absolute Gasteiger partial charge is 0.467 e. The van der Waals surface area contributed by atoms with Crippen molar-refractivity contribution >= 4 is 23.9 Å². The summed E-state index contributed by atoms with van der Waals surface area (Å²) in [6.45, 7) is 6.78. The van der Waals surface area contributed by atoms with Crippen LogP contribution in [0.15, 0.2) is 6.20 Å². The van der Waals surface area contributed by atoms with E-state index in [9.17, 15) is 9.59 Å². The molecule has 5 heteroatoms. The average Bonchev–Trinajstić information content (AvgIpc) is 2.39. The summed E-state index contributed by atoms with van der Waals surface area (Å²) in [4.78, 5) is 27.2. The minimum absolute atomic E-state index is 0.0387. The molecule has 0 fully saturated rings. The molecule has 1 aromatic rings. The lowest BCUT2D eigenvalue weighted by Crippen LogP contribution is -2.28. The van der Waals surface area contributed by atoms with Crippen LogP contribution in [-0.4, -0.2) is 23.8 Å². The van der Waals surface area contributed by atoms with E-state index < -0.39 is 0 Å². The van der Waals surface area contributed by atoms with Crippen LogP contribution < -0.4 is 0 Å². The molecule has 0 aromatic carbocycles. The van der Waals surface area contributed by atoms with Crippen molar-refractivity contribution in [3.63, 3.8) is 0 Å². The molecule has 0 saturated carbocycles. The lowest BCUT2D eigenvalue weighted by atomic mass is 9.75. The lowest BCUT2D eigenvalue weighted by Gasteiger charge is -2.30. The molecular formula is C16H20ClNO3. The fourth-order valence-corrected chi connectivity index (χ4v) is 3.28. The van der Waals surface area contributed by atoms with Crippen molar-refractivity contribution in [3.8, 4) is 0 Å². The molecule has 1 aromatic heterocycles. The van der Waals surface area contributed by atoms with Crippen LogP contribution in [0, 0.1) is 5.41 Å². The van der Waals surface area contributed by atoms with Gasteiger partial charge in [-0.15, -0.1) is 0 Å². The number of carbonyl (C=O) groups excluding carboxylic acids is 2. The van der Waals surface area contributed by atoms with Crippen molar-refractivity contribution in [2.24, 2.45) is 5.41 Å². The van der Waals surface area contributed by atoms with Crippen LogP contribution in [0.5, 0.6) is 0 Å². The van der Waals surface area contributed by atoms with Crippen LogP contribution in [-0.2, 0) is 16.0 Å². The van der Waals surface area contributed by atoms with Crippen LogP contribution in [0.1, 0.15) is 61.1 Å². The smallest absolute Gasteiger partial charge is 0.293 e. The molecule has 2 rings (SSSR count). The molecule has 1 aliphatic carbocycles. The summed E-state index contributed by atoms with van der Waals surface area (Å²) in [5, 5.41) is 0.474. The van der Waals surface area contributed by atoms with Gasteiger partial charge in [-0.05, 0) is 23.8 Å². The Morgan fingerprint density at radius 1 is 1.48 bits per heavy atom. The Morgan fingerprint density at radius 2 is 2.19 bits per heavy atom. The lowest BCUT2D eigenvalue weighted by molar-refractivity contribution is -0.129. The van der Waals surface area contributed by atoms with Crippen molar-refractivity contribution in [2.45, 2.75) is 46.0 Å². The number of ketones is 1. The Labute approximate surface area is 129 Å². The predicted octanol–water partition coefficient (Wildman–Crippen LogP) is 3.56. The van der Waals surface area contributed by atoms with Crippen LogP contribution in [0.3, 0.4) is 0 Å². The maximum absolute atomic E-state index is 12.4. The van der Waals surface area contributed by atoms with E-state index in [2.05, 4.69) is 18.8 Å². The van der Waals surface area contributed by atoms with Gasteiger partial charge in [-0.25, -0.2) is 0 Å². The first-order chi connectivity index (χ1) is 9.89. The zero-order valence-electron chi connectivity index (χ0n) is 12.6. The van der Waals surface area contributed by atoms with E-state index in [1.54, 1.807) is 6.20 Å². The number of carbonyl (C=O) groups is 2. The minimum atomic E-state index is -0.0767. The van der Waals surface area contributed by atoms with Gasteiger partial charge in [0.15, 0.2) is 5.78 Å². The first kappa shape index (κ1) is 16.0. The van der Waals surface area contributed by atoms with E-state index in [0.717, 1.165) is 24.1 Å². The second-order valence-electron chi connectivity index (χ2n) is 6.32. The van der Waals surface area contributed by atoms with Crippen molar-refractivity contribution in [2.75, 3.05) is 6.61 Å². The van der Waals surface area contributed by atoms with E-state index in [-0.39, 0.29) is 23.7 Å². The van der Waals surface area contributed by atoms with Gasteiger partial charge in [0, 0.05) is 18.5 Å². The third kappa shape index (κ3) is 3.26. The summed E-state index contributed by atoms with van der Waals surface area (Å²) < 4.78 is 4.85. The molecule has 1 atom stereocenters. The summed E-state index contributed by atoms with van der Waals surface area (Å²) in [5.74, 6) is 0.00926. The van der Waals surface area contributed by atoms with E-state index >= 15 is 0 Å². The van der Waals surface area contributed by atoms with E-state index in [4.69, 9.17) is 16.3 Å². The van der Waals surface area contributed by atoms with E-state index in [1.807, 2.05) is 6.92 Å². The van der Waals surface area contributed by atoms with E-state index in [0.29, 0.717) is 23.5 Å². The summed E-state index contributed by atoms with van der Waals surface area (Å²) in [7, 11) is 0. The quantitative estimate of drug-likeness (QED) is 0.780. The number of halogens is 1. The fraction of sp³-hybridized carbons (Fsp3) is 0.562. The highest BCUT2D eigenvalue weighted by atomic mass is 35.5. The zero-order chi connectivity index (χ0) is 15.6. The Balaban J connectivity index is 2.42. The van der Waals surface area contributed by atoms with Gasteiger partial charge in [-0.1, -0.05) is 32.4 Å². The molecule has 1 aliphatic rings. The Kier molecular flexibility index (Phi) is 4.67. The zero-order valence-corrected chi connectivity index (χ0v) is 13.4. The van der Waals surface area contributed by atoms with Crippen molar-refractivity contribution in [1.82, 2.24) is 4.98 Å². The van der Waals surface area contributed by atoms with Crippen LogP contribution in [0.2, 0.25) is 5.02 Å². The van der Waals surface area contributed by atoms with Crippen molar-refractivity contribution < 1.29 is 14.3 Å². The van der Waals surface area contributed by atoms with Crippen molar-refractivity contribution in [3.05, 3.63) is 28.0 Å². The molecule has 21 heavy (non-hydrogen) atoms. The maximum Gasteiger partial charge on any atom is 0.293 e. The number of pyridine rings is 1. The van der Waals surface area contributed by atoms with Crippen LogP contribution in [0.25, 0.3) is 0 Å². The monoisotopic (exact) mass is 309 g/mol. The van der Waals surface area contributed by atoms with Crippen molar-refractivity contribution in [1.29, 1.82) is 0 Å². The predicted molar refractivity (Wildman–Crippen MR) is 80.7 cm³/mol. The topological polar surface area (TPSA) is 56.3 Å². The fourth-order valence-electron chi connectivity index (χ4n) is 2.86. The molecule has 0 aliphatic heterocycles. The summed E-state index contributed by atoms with van der Waals surface area (Å²) in [6.07, 6.45) is 3.70. The van der Waals surface area contributed by atoms with E-state index in [1.165, 1.54) is 0 Å². The van der Waals surface area contributed by atoms with Crippen LogP contribution >= 0.6 is 11.6 Å². The molecule has 0 spiro atoms. The Morgan fingerprint density at radius 3 is 2.81 bits per heavy atom. The molecule has 0 N–H and O–H groups in total. The molecule has 0 radical (unpaired) electrons. The van der Waals surface area contributed by atoms with Gasteiger partial charge in [-0.3, -0.25) is 14.6 Å². The second-order valence-corrected chi connectivity index (χ2v) is 6.70. The van der Waals surface area contributed by atoms with Gasteiger partial charge in [-0.2, -0.15) is 0 Å². The molecular weight excluding hydrogens is 290 g/mol. The number of nitrogens with zero attached hydrogens (tertiary/aromatic N) is 1. The summed E-state index contributed by atoms with van der Waals surface area (Å²) >= 11 is 6.46. The number of rotatable bonds is 5. The standard InChI is InChI=1S/C16H20ClNO3/c1-4-10(8-21-9-19)11-7-18-12-5-16(2,3)6-13(20)14(12)15(11)17/h7,9-10H,4-6,8H2,1-3H3. The van der Waals surface area contributed by atoms with Gasteiger partial charge < -0.3 is 4.74 Å². The SMILES string of the molecule is CCC(COC=O)c1cnc2c(c1Cl)C(=O)CC(C)(C)C2. The molecule has 114 valence electrons. The molecule has 4 nitrogen and oxygen atoms in total. The molecule has 0 amide bonds. The van der Waals surface area contributed by atoms with Gasteiger partial charge in [0.1, 0.15) is 0 Å². The van der Waals surface area contributed by atoms with Gasteiger partial charge >= 0.3 is 0 Å². The number of Topliss-reactive ketones (excluding diaryl/α,β-unsaturated/α-hetero) is 1. The van der Waals surface area contributed by atoms with Gasteiger partial charge in [0.05, 0.1) is 22.9 Å². The summed E-state index contributed by atoms with van der Waals surface area (Å²) in [5.41, 5.74) is 2.04. The van der Waals surface area contributed by atoms with Gasteiger partial charge in [0.2, 0.25) is 0 Å². The highest BCUT2D eigenvalue weighted by molar-refractivity contribution is 6.35. The first-order valence-corrected chi connectivity index (χ1v) is 7.53. The third-order valence-electron chi connectivity index (χ3n) is 3.98. The third-order valence-corrected chi connectivity index (χ3v) is 4.39. The molecule has 0 bridgehead atoms. The van der Waals surface area contributed by atoms with Crippen LogP contribution in [0.4, 0.5) is 0 Å².